The van der Waals surface area contributed by atoms with E-state index in [1.807, 2.05) is 18.2 Å². The van der Waals surface area contributed by atoms with E-state index < -0.39 is 0 Å². The predicted octanol–water partition coefficient (Wildman–Crippen LogP) is 4.68. The molecule has 1 aromatic carbocycles. The molecule has 128 valence electrons. The zero-order valence-corrected chi connectivity index (χ0v) is 14.5. The highest BCUT2D eigenvalue weighted by molar-refractivity contribution is 5.70. The lowest BCUT2D eigenvalue weighted by Gasteiger charge is -2.29. The second-order valence-corrected chi connectivity index (χ2v) is 7.22. The van der Waals surface area contributed by atoms with Crippen LogP contribution in [-0.2, 0) is 6.61 Å². The lowest BCUT2D eigenvalue weighted by molar-refractivity contribution is 0.281. The molecule has 0 spiro atoms. The van der Waals surface area contributed by atoms with Crippen LogP contribution in [-0.4, -0.2) is 17.2 Å². The molecule has 1 aromatic heterocycles. The summed E-state index contributed by atoms with van der Waals surface area (Å²) in [5.41, 5.74) is 3.50. The van der Waals surface area contributed by atoms with Crippen molar-refractivity contribution in [1.82, 2.24) is 4.98 Å². The molecule has 0 radical (unpaired) electrons. The number of nitrogens with zero attached hydrogens (tertiary/aromatic N) is 1. The molecule has 24 heavy (non-hydrogen) atoms. The summed E-state index contributed by atoms with van der Waals surface area (Å²) in [6.07, 6.45) is 4.61. The number of pyridine rings is 1. The lowest BCUT2D eigenvalue weighted by Crippen LogP contribution is -2.16. The molecule has 0 bridgehead atoms. The Morgan fingerprint density at radius 2 is 2.08 bits per heavy atom. The average Bonchev–Trinajstić information content (AvgIpc) is 2.94. The Bertz CT molecular complexity index is 742. The maximum atomic E-state index is 14.5. The van der Waals surface area contributed by atoms with Gasteiger partial charge in [0.15, 0.2) is 0 Å². The SMILES string of the molecule is COc1cc(-c2ccc(CO)cc2C2CCCC2(C)C)c(F)cn1. The summed E-state index contributed by atoms with van der Waals surface area (Å²) in [4.78, 5) is 3.94. The third-order valence-electron chi connectivity index (χ3n) is 5.26. The van der Waals surface area contributed by atoms with Gasteiger partial charge in [-0.3, -0.25) is 0 Å². The second-order valence-electron chi connectivity index (χ2n) is 7.22. The van der Waals surface area contributed by atoms with E-state index in [1.54, 1.807) is 6.07 Å². The number of aliphatic hydroxyl groups is 1. The highest BCUT2D eigenvalue weighted by atomic mass is 19.1. The number of ether oxygens (including phenoxy) is 1. The van der Waals surface area contributed by atoms with Crippen LogP contribution in [0.5, 0.6) is 5.88 Å². The summed E-state index contributed by atoms with van der Waals surface area (Å²) >= 11 is 0. The summed E-state index contributed by atoms with van der Waals surface area (Å²) in [6.45, 7) is 4.52. The van der Waals surface area contributed by atoms with E-state index in [2.05, 4.69) is 18.8 Å². The first kappa shape index (κ1) is 16.9. The van der Waals surface area contributed by atoms with Crippen molar-refractivity contribution in [3.8, 4) is 17.0 Å². The number of benzene rings is 1. The fourth-order valence-electron chi connectivity index (χ4n) is 3.88. The van der Waals surface area contributed by atoms with Gasteiger partial charge in [-0.2, -0.15) is 0 Å². The van der Waals surface area contributed by atoms with Gasteiger partial charge in [0.05, 0.1) is 19.9 Å². The zero-order valence-electron chi connectivity index (χ0n) is 14.5. The van der Waals surface area contributed by atoms with E-state index >= 15 is 0 Å². The Labute approximate surface area is 142 Å². The highest BCUT2D eigenvalue weighted by Crippen LogP contribution is 2.51. The van der Waals surface area contributed by atoms with E-state index in [1.165, 1.54) is 19.7 Å². The van der Waals surface area contributed by atoms with Crippen molar-refractivity contribution in [2.24, 2.45) is 5.41 Å². The first-order valence-electron chi connectivity index (χ1n) is 8.40. The van der Waals surface area contributed by atoms with E-state index in [-0.39, 0.29) is 17.8 Å². The van der Waals surface area contributed by atoms with Crippen LogP contribution in [0.25, 0.3) is 11.1 Å². The first-order valence-corrected chi connectivity index (χ1v) is 8.40. The molecule has 0 amide bonds. The van der Waals surface area contributed by atoms with Crippen LogP contribution in [0.2, 0.25) is 0 Å². The van der Waals surface area contributed by atoms with Crippen LogP contribution in [0.3, 0.4) is 0 Å². The Hall–Kier alpha value is -1.94. The van der Waals surface area contributed by atoms with Crippen molar-refractivity contribution in [3.63, 3.8) is 0 Å². The smallest absolute Gasteiger partial charge is 0.213 e. The summed E-state index contributed by atoms with van der Waals surface area (Å²) in [5.74, 6) is 0.386. The van der Waals surface area contributed by atoms with Crippen LogP contribution in [0.4, 0.5) is 4.39 Å². The molecule has 1 atom stereocenters. The topological polar surface area (TPSA) is 42.4 Å². The van der Waals surface area contributed by atoms with Crippen LogP contribution in [0.1, 0.15) is 50.2 Å². The standard InChI is InChI=1S/C20H24FNO2/c1-20(2)8-4-5-17(20)15-9-13(12-23)6-7-14(15)16-10-19(24-3)22-11-18(16)21/h6-7,9-11,17,23H,4-5,8,12H2,1-3H3. The molecule has 0 aliphatic heterocycles. The van der Waals surface area contributed by atoms with Crippen LogP contribution in [0.15, 0.2) is 30.5 Å². The van der Waals surface area contributed by atoms with E-state index in [0.717, 1.165) is 29.5 Å². The van der Waals surface area contributed by atoms with Crippen molar-refractivity contribution < 1.29 is 14.2 Å². The number of rotatable bonds is 4. The number of methoxy groups -OCH3 is 1. The van der Waals surface area contributed by atoms with Crippen molar-refractivity contribution >= 4 is 0 Å². The zero-order chi connectivity index (χ0) is 17.3. The quantitative estimate of drug-likeness (QED) is 0.885. The molecule has 1 aliphatic rings. The molecule has 1 N–H and O–H groups in total. The van der Waals surface area contributed by atoms with Gasteiger partial charge in [0.25, 0.3) is 0 Å². The van der Waals surface area contributed by atoms with Crippen LogP contribution >= 0.6 is 0 Å². The maximum Gasteiger partial charge on any atom is 0.213 e. The fourth-order valence-corrected chi connectivity index (χ4v) is 3.88. The van der Waals surface area contributed by atoms with Crippen LogP contribution < -0.4 is 4.74 Å². The van der Waals surface area contributed by atoms with Crippen molar-refractivity contribution in [1.29, 1.82) is 0 Å². The average molecular weight is 329 g/mol. The minimum atomic E-state index is -0.357. The Kier molecular flexibility index (Phi) is 4.59. The number of aromatic nitrogens is 1. The Balaban J connectivity index is 2.18. The molecular weight excluding hydrogens is 305 g/mol. The lowest BCUT2D eigenvalue weighted by atomic mass is 9.75. The molecule has 3 nitrogen and oxygen atoms in total. The molecule has 3 rings (SSSR count). The summed E-state index contributed by atoms with van der Waals surface area (Å²) < 4.78 is 19.6. The van der Waals surface area contributed by atoms with Gasteiger partial charge in [-0.25, -0.2) is 9.37 Å². The molecule has 1 unspecified atom stereocenters. The molecular formula is C20H24FNO2. The van der Waals surface area contributed by atoms with Gasteiger partial charge in [0.1, 0.15) is 5.82 Å². The van der Waals surface area contributed by atoms with E-state index in [0.29, 0.717) is 17.4 Å². The first-order chi connectivity index (χ1) is 11.5. The highest BCUT2D eigenvalue weighted by Gasteiger charge is 2.37. The number of halogens is 1. The molecule has 2 aromatic rings. The Morgan fingerprint density at radius 3 is 2.71 bits per heavy atom. The summed E-state index contributed by atoms with van der Waals surface area (Å²) in [5, 5.41) is 9.53. The normalized spacial score (nSPS) is 19.5. The number of hydrogen-bond acceptors (Lipinski definition) is 3. The van der Waals surface area contributed by atoms with Crippen molar-refractivity contribution in [2.75, 3.05) is 7.11 Å². The molecule has 1 aliphatic carbocycles. The third kappa shape index (κ3) is 3.03. The van der Waals surface area contributed by atoms with E-state index in [4.69, 9.17) is 4.74 Å². The van der Waals surface area contributed by atoms with Crippen LogP contribution in [0, 0.1) is 11.2 Å². The summed E-state index contributed by atoms with van der Waals surface area (Å²) in [7, 11) is 1.53. The number of hydrogen-bond donors (Lipinski definition) is 1. The third-order valence-corrected chi connectivity index (χ3v) is 5.26. The van der Waals surface area contributed by atoms with Gasteiger partial charge in [0, 0.05) is 11.6 Å². The van der Waals surface area contributed by atoms with Gasteiger partial charge >= 0.3 is 0 Å². The molecule has 1 saturated carbocycles. The molecule has 1 fully saturated rings. The summed E-state index contributed by atoms with van der Waals surface area (Å²) in [6, 6.07) is 7.44. The van der Waals surface area contributed by atoms with Crippen molar-refractivity contribution in [2.45, 2.75) is 45.6 Å². The van der Waals surface area contributed by atoms with Gasteiger partial charge in [-0.1, -0.05) is 38.5 Å². The largest absolute Gasteiger partial charge is 0.481 e. The second kappa shape index (κ2) is 6.52. The minimum Gasteiger partial charge on any atom is -0.481 e. The van der Waals surface area contributed by atoms with Gasteiger partial charge in [-0.15, -0.1) is 0 Å². The van der Waals surface area contributed by atoms with Gasteiger partial charge in [-0.05, 0) is 40.9 Å². The molecule has 4 heteroatoms. The minimum absolute atomic E-state index is 0.0113. The molecule has 0 saturated heterocycles. The number of aliphatic hydroxyl groups excluding tert-OH is 1. The van der Waals surface area contributed by atoms with Gasteiger partial charge < -0.3 is 9.84 Å². The molecule has 1 heterocycles. The Morgan fingerprint density at radius 1 is 1.29 bits per heavy atom. The fraction of sp³-hybridized carbons (Fsp3) is 0.450. The predicted molar refractivity (Wildman–Crippen MR) is 92.5 cm³/mol. The van der Waals surface area contributed by atoms with E-state index in [9.17, 15) is 9.50 Å². The van der Waals surface area contributed by atoms with Gasteiger partial charge in [0.2, 0.25) is 5.88 Å². The monoisotopic (exact) mass is 329 g/mol. The maximum absolute atomic E-state index is 14.5. The van der Waals surface area contributed by atoms with Crippen molar-refractivity contribution in [3.05, 3.63) is 47.4 Å².